The number of alkyl halides is 5. The molecule has 1 fully saturated rings. The molecule has 7 heteroatoms. The number of nitrogen functional groups attached to an aromatic ring is 1. The molecule has 0 amide bonds. The van der Waals surface area contributed by atoms with Crippen molar-refractivity contribution in [1.82, 2.24) is 0 Å². The normalized spacial score (nSPS) is 21.3. The molecule has 0 spiro atoms. The second-order valence-corrected chi connectivity index (χ2v) is 7.39. The number of anilines is 1. The second-order valence-electron chi connectivity index (χ2n) is 5.83. The Bertz CT molecular complexity index is 584. The van der Waals surface area contributed by atoms with Gasteiger partial charge in [0.15, 0.2) is 0 Å². The van der Waals surface area contributed by atoms with Gasteiger partial charge in [-0.2, -0.15) is 0 Å². The lowest BCUT2D eigenvalue weighted by molar-refractivity contribution is -0.196. The molecule has 2 unspecified atom stereocenters. The molecule has 22 heavy (non-hydrogen) atoms. The Morgan fingerprint density at radius 1 is 1.27 bits per heavy atom. The van der Waals surface area contributed by atoms with E-state index in [1.807, 2.05) is 0 Å². The quantitative estimate of drug-likeness (QED) is 0.380. The van der Waals surface area contributed by atoms with Gasteiger partial charge in [-0.3, -0.25) is 0 Å². The maximum atomic E-state index is 15.4. The molecule has 1 aromatic rings. The fourth-order valence-corrected chi connectivity index (χ4v) is 3.37. The van der Waals surface area contributed by atoms with Gasteiger partial charge in [0.1, 0.15) is 0 Å². The van der Waals surface area contributed by atoms with Crippen LogP contribution in [0.2, 0.25) is 0 Å². The van der Waals surface area contributed by atoms with E-state index in [1.54, 1.807) is 6.92 Å². The molecule has 0 bridgehead atoms. The van der Waals surface area contributed by atoms with Crippen LogP contribution in [0.4, 0.5) is 23.2 Å². The summed E-state index contributed by atoms with van der Waals surface area (Å²) >= 11 is 8.56. The van der Waals surface area contributed by atoms with Gasteiger partial charge in [0.25, 0.3) is 5.92 Å². The van der Waals surface area contributed by atoms with Crippen molar-refractivity contribution >= 4 is 33.2 Å². The zero-order valence-corrected chi connectivity index (χ0v) is 14.5. The molecular formula is C15H17BrClF4N. The van der Waals surface area contributed by atoms with Crippen molar-refractivity contribution in [3.05, 3.63) is 27.7 Å². The largest absolute Gasteiger partial charge is 0.398 e. The monoisotopic (exact) mass is 401 g/mol. The molecular weight excluding hydrogens is 386 g/mol. The van der Waals surface area contributed by atoms with Crippen LogP contribution in [0, 0.1) is 5.92 Å². The van der Waals surface area contributed by atoms with E-state index in [2.05, 4.69) is 15.9 Å². The molecule has 124 valence electrons. The number of aryl methyl sites for hydroxylation is 1. The lowest BCUT2D eigenvalue weighted by Gasteiger charge is -2.39. The first kappa shape index (κ1) is 17.9. The highest BCUT2D eigenvalue weighted by Crippen LogP contribution is 2.61. The zero-order chi connectivity index (χ0) is 16.9. The van der Waals surface area contributed by atoms with E-state index in [0.717, 1.165) is 6.07 Å². The number of hydrogen-bond acceptors (Lipinski definition) is 1. The summed E-state index contributed by atoms with van der Waals surface area (Å²) in [4.78, 5) is 0. The van der Waals surface area contributed by atoms with Crippen molar-refractivity contribution in [1.29, 1.82) is 0 Å². The van der Waals surface area contributed by atoms with Crippen LogP contribution in [0.3, 0.4) is 0 Å². The van der Waals surface area contributed by atoms with Crippen LogP contribution >= 0.6 is 27.5 Å². The van der Waals surface area contributed by atoms with Crippen molar-refractivity contribution in [2.75, 3.05) is 5.73 Å². The summed E-state index contributed by atoms with van der Waals surface area (Å²) in [6.07, 6.45) is 0.708. The lowest BCUT2D eigenvalue weighted by atomic mass is 9.81. The molecule has 0 aromatic heterocycles. The topological polar surface area (TPSA) is 26.0 Å². The fourth-order valence-electron chi connectivity index (χ4n) is 2.63. The average molecular weight is 403 g/mol. The van der Waals surface area contributed by atoms with Crippen LogP contribution in [0.5, 0.6) is 0 Å². The molecule has 2 N–H and O–H groups in total. The third kappa shape index (κ3) is 2.62. The van der Waals surface area contributed by atoms with Gasteiger partial charge in [-0.15, -0.1) is 0 Å². The van der Waals surface area contributed by atoms with Crippen molar-refractivity contribution in [2.24, 2.45) is 5.92 Å². The van der Waals surface area contributed by atoms with E-state index < -0.39 is 28.2 Å². The summed E-state index contributed by atoms with van der Waals surface area (Å²) in [7, 11) is 0. The number of hydrogen-bond donors (Lipinski definition) is 1. The molecule has 0 radical (unpaired) electrons. The maximum Gasteiger partial charge on any atom is 0.292 e. The Balaban J connectivity index is 2.68. The molecule has 2 atom stereocenters. The minimum absolute atomic E-state index is 0.155. The van der Waals surface area contributed by atoms with Gasteiger partial charge in [0, 0.05) is 21.6 Å². The summed E-state index contributed by atoms with van der Waals surface area (Å²) in [5, 5.41) is -3.26. The Labute approximate surface area is 140 Å². The summed E-state index contributed by atoms with van der Waals surface area (Å²) in [5.41, 5.74) is 2.45. The second kappa shape index (κ2) is 5.55. The average Bonchev–Trinajstić information content (AvgIpc) is 3.23. The fraction of sp³-hybridized carbons (Fsp3) is 0.600. The van der Waals surface area contributed by atoms with E-state index in [0.29, 0.717) is 24.6 Å². The predicted octanol–water partition coefficient (Wildman–Crippen LogP) is 5.73. The lowest BCUT2D eigenvalue weighted by Crippen LogP contribution is -2.54. The Kier molecular flexibility index (Phi) is 4.50. The first-order valence-electron chi connectivity index (χ1n) is 6.99. The number of rotatable bonds is 5. The van der Waals surface area contributed by atoms with Gasteiger partial charge in [0.2, 0.25) is 10.8 Å². The number of nitrogens with two attached hydrogens (primary N) is 1. The molecule has 1 aromatic carbocycles. The summed E-state index contributed by atoms with van der Waals surface area (Å²) < 4.78 is 59.1. The summed E-state index contributed by atoms with van der Waals surface area (Å²) in [5.74, 6) is -5.11. The van der Waals surface area contributed by atoms with Gasteiger partial charge in [0.05, 0.1) is 0 Å². The SMILES string of the molecule is CCc1cc(C(F)(C(C)(F)Cl)C(F)(F)C2CC2)cc(Br)c1N. The van der Waals surface area contributed by atoms with Crippen molar-refractivity contribution in [3.63, 3.8) is 0 Å². The molecule has 1 aliphatic carbocycles. The van der Waals surface area contributed by atoms with Crippen LogP contribution in [-0.2, 0) is 12.1 Å². The molecule has 1 saturated carbocycles. The third-order valence-electron chi connectivity index (χ3n) is 4.15. The number of benzene rings is 1. The molecule has 0 heterocycles. The molecule has 0 aliphatic heterocycles. The van der Waals surface area contributed by atoms with Crippen LogP contribution in [0.1, 0.15) is 37.8 Å². The minimum atomic E-state index is -3.90. The minimum Gasteiger partial charge on any atom is -0.398 e. The smallest absolute Gasteiger partial charge is 0.292 e. The Morgan fingerprint density at radius 2 is 1.82 bits per heavy atom. The van der Waals surface area contributed by atoms with E-state index >= 15 is 4.39 Å². The van der Waals surface area contributed by atoms with Crippen molar-refractivity contribution < 1.29 is 17.6 Å². The first-order chi connectivity index (χ1) is 9.96. The molecule has 1 nitrogen and oxygen atoms in total. The van der Waals surface area contributed by atoms with Crippen molar-refractivity contribution in [2.45, 2.75) is 49.8 Å². The van der Waals surface area contributed by atoms with E-state index in [-0.39, 0.29) is 17.3 Å². The van der Waals surface area contributed by atoms with Gasteiger partial charge < -0.3 is 5.73 Å². The van der Waals surface area contributed by atoms with Gasteiger partial charge in [-0.1, -0.05) is 24.6 Å². The van der Waals surface area contributed by atoms with E-state index in [9.17, 15) is 13.2 Å². The van der Waals surface area contributed by atoms with Crippen LogP contribution < -0.4 is 5.73 Å². The van der Waals surface area contributed by atoms with Crippen molar-refractivity contribution in [3.8, 4) is 0 Å². The molecule has 1 aliphatic rings. The predicted molar refractivity (Wildman–Crippen MR) is 83.8 cm³/mol. The highest BCUT2D eigenvalue weighted by molar-refractivity contribution is 9.10. The van der Waals surface area contributed by atoms with Crippen LogP contribution in [-0.4, -0.2) is 11.1 Å². The van der Waals surface area contributed by atoms with Gasteiger partial charge >= 0.3 is 0 Å². The zero-order valence-electron chi connectivity index (χ0n) is 12.2. The first-order valence-corrected chi connectivity index (χ1v) is 8.16. The van der Waals surface area contributed by atoms with Crippen LogP contribution in [0.25, 0.3) is 0 Å². The maximum absolute atomic E-state index is 15.4. The Morgan fingerprint density at radius 3 is 2.23 bits per heavy atom. The van der Waals surface area contributed by atoms with E-state index in [4.69, 9.17) is 17.3 Å². The Hall–Kier alpha value is -0.490. The third-order valence-corrected chi connectivity index (χ3v) is 5.06. The highest BCUT2D eigenvalue weighted by atomic mass is 79.9. The molecule has 0 saturated heterocycles. The number of halogens is 6. The summed E-state index contributed by atoms with van der Waals surface area (Å²) in [6.45, 7) is 2.37. The van der Waals surface area contributed by atoms with Gasteiger partial charge in [-0.05, 0) is 53.7 Å². The van der Waals surface area contributed by atoms with E-state index in [1.165, 1.54) is 6.07 Å². The standard InChI is InChI=1S/C15H17BrClF4N/c1-3-8-6-10(7-11(16)12(8)22)14(19,13(2,17)18)15(20,21)9-4-5-9/h6-7,9H,3-5,22H2,1-2H3. The van der Waals surface area contributed by atoms with Gasteiger partial charge in [-0.25, -0.2) is 17.6 Å². The summed E-state index contributed by atoms with van der Waals surface area (Å²) in [6, 6.07) is 2.27. The highest BCUT2D eigenvalue weighted by Gasteiger charge is 2.71. The molecule has 2 rings (SSSR count). The van der Waals surface area contributed by atoms with Crippen LogP contribution in [0.15, 0.2) is 16.6 Å².